The molecule has 0 saturated carbocycles. The van der Waals surface area contributed by atoms with Crippen molar-refractivity contribution < 1.29 is 22.7 Å². The van der Waals surface area contributed by atoms with Crippen LogP contribution in [0, 0.1) is 0 Å². The van der Waals surface area contributed by atoms with Crippen LogP contribution < -0.4 is 0 Å². The topological polar surface area (TPSA) is 84.0 Å². The number of amides is 1. The number of hydrogen-bond donors (Lipinski definition) is 0. The molecule has 2 aromatic rings. The molecule has 1 aliphatic rings. The number of sulfonamides is 1. The molecule has 0 radical (unpaired) electrons. The molecule has 3 rings (SSSR count). The Labute approximate surface area is 183 Å². The summed E-state index contributed by atoms with van der Waals surface area (Å²) in [4.78, 5) is 26.6. The Balaban J connectivity index is 1.84. The molecule has 1 saturated heterocycles. The van der Waals surface area contributed by atoms with Gasteiger partial charge in [-0.3, -0.25) is 9.59 Å². The molecule has 7 nitrogen and oxygen atoms in total. The summed E-state index contributed by atoms with van der Waals surface area (Å²) in [5, 5.41) is 0. The van der Waals surface area contributed by atoms with Crippen molar-refractivity contribution in [1.82, 2.24) is 9.21 Å². The highest BCUT2D eigenvalue weighted by Crippen LogP contribution is 2.22. The number of benzene rings is 2. The average Bonchev–Trinajstić information content (AvgIpc) is 2.82. The third-order valence-electron chi connectivity index (χ3n) is 5.35. The first-order valence-corrected chi connectivity index (χ1v) is 11.9. The molecule has 0 aromatic heterocycles. The van der Waals surface area contributed by atoms with Crippen molar-refractivity contribution in [2.45, 2.75) is 37.1 Å². The van der Waals surface area contributed by atoms with Crippen LogP contribution in [-0.4, -0.2) is 56.2 Å². The van der Waals surface area contributed by atoms with Gasteiger partial charge >= 0.3 is 5.97 Å². The van der Waals surface area contributed by atoms with Gasteiger partial charge in [-0.2, -0.15) is 4.31 Å². The predicted molar refractivity (Wildman–Crippen MR) is 117 cm³/mol. The van der Waals surface area contributed by atoms with Crippen LogP contribution in [0.3, 0.4) is 0 Å². The number of hydrogen-bond acceptors (Lipinski definition) is 5. The fourth-order valence-corrected chi connectivity index (χ4v) is 5.17. The highest BCUT2D eigenvalue weighted by molar-refractivity contribution is 7.89. The summed E-state index contributed by atoms with van der Waals surface area (Å²) in [6.45, 7) is 1.48. The van der Waals surface area contributed by atoms with Gasteiger partial charge in [0.2, 0.25) is 10.0 Å². The maximum absolute atomic E-state index is 13.3. The zero-order valence-corrected chi connectivity index (χ0v) is 18.5. The van der Waals surface area contributed by atoms with E-state index in [9.17, 15) is 18.0 Å². The molecule has 31 heavy (non-hydrogen) atoms. The fraction of sp³-hybridized carbons (Fsp3) is 0.391. The lowest BCUT2D eigenvalue weighted by atomic mass is 10.1. The van der Waals surface area contributed by atoms with Crippen molar-refractivity contribution >= 4 is 21.9 Å². The van der Waals surface area contributed by atoms with Crippen LogP contribution in [0.4, 0.5) is 0 Å². The molecule has 8 heteroatoms. The third kappa shape index (κ3) is 5.92. The van der Waals surface area contributed by atoms with Crippen LogP contribution in [0.25, 0.3) is 0 Å². The Kier molecular flexibility index (Phi) is 7.81. The maximum atomic E-state index is 13.3. The van der Waals surface area contributed by atoms with Gasteiger partial charge in [-0.1, -0.05) is 42.8 Å². The summed E-state index contributed by atoms with van der Waals surface area (Å²) < 4.78 is 32.2. The number of carbonyl (C=O) groups is 2. The predicted octanol–water partition coefficient (Wildman–Crippen LogP) is 3.07. The SMILES string of the molecule is COC(=O)CCN(Cc1ccccc1)C(=O)c1cccc(S(=O)(=O)N2CCCCC2)c1. The van der Waals surface area contributed by atoms with Crippen LogP contribution in [0.15, 0.2) is 59.5 Å². The van der Waals surface area contributed by atoms with Crippen molar-refractivity contribution in [3.63, 3.8) is 0 Å². The van der Waals surface area contributed by atoms with Crippen LogP contribution in [-0.2, 0) is 26.1 Å². The number of rotatable bonds is 8. The summed E-state index contributed by atoms with van der Waals surface area (Å²) >= 11 is 0. The number of nitrogens with zero attached hydrogens (tertiary/aromatic N) is 2. The standard InChI is InChI=1S/C23H28N2O5S/c1-30-22(26)13-16-24(18-19-9-4-2-5-10-19)23(27)20-11-8-12-21(17-20)31(28,29)25-14-6-3-7-15-25/h2,4-5,8-12,17H,3,6-7,13-16,18H2,1H3. The average molecular weight is 445 g/mol. The van der Waals surface area contributed by atoms with E-state index in [1.165, 1.54) is 23.5 Å². The second-order valence-electron chi connectivity index (χ2n) is 7.53. The van der Waals surface area contributed by atoms with Gasteiger partial charge in [-0.05, 0) is 36.6 Å². The van der Waals surface area contributed by atoms with Gasteiger partial charge < -0.3 is 9.64 Å². The molecular formula is C23H28N2O5S. The monoisotopic (exact) mass is 444 g/mol. The zero-order valence-electron chi connectivity index (χ0n) is 17.7. The normalized spacial score (nSPS) is 14.7. The quantitative estimate of drug-likeness (QED) is 0.585. The molecule has 0 atom stereocenters. The summed E-state index contributed by atoms with van der Waals surface area (Å²) in [5.41, 5.74) is 1.19. The number of esters is 1. The molecule has 0 aliphatic carbocycles. The summed E-state index contributed by atoms with van der Waals surface area (Å²) in [6, 6.07) is 15.6. The second-order valence-corrected chi connectivity index (χ2v) is 9.47. The van der Waals surface area contributed by atoms with Crippen LogP contribution >= 0.6 is 0 Å². The molecular weight excluding hydrogens is 416 g/mol. The highest BCUT2D eigenvalue weighted by Gasteiger charge is 2.27. The van der Waals surface area contributed by atoms with E-state index in [-0.39, 0.29) is 29.3 Å². The van der Waals surface area contributed by atoms with Crippen LogP contribution in [0.2, 0.25) is 0 Å². The van der Waals surface area contributed by atoms with Gasteiger partial charge in [-0.15, -0.1) is 0 Å². The molecule has 1 fully saturated rings. The lowest BCUT2D eigenvalue weighted by molar-refractivity contribution is -0.140. The number of carbonyl (C=O) groups excluding carboxylic acids is 2. The third-order valence-corrected chi connectivity index (χ3v) is 7.25. The molecule has 2 aromatic carbocycles. The van der Waals surface area contributed by atoms with Gasteiger partial charge in [0.05, 0.1) is 18.4 Å². The first-order chi connectivity index (χ1) is 14.9. The fourth-order valence-electron chi connectivity index (χ4n) is 3.61. The van der Waals surface area contributed by atoms with Crippen molar-refractivity contribution in [2.75, 3.05) is 26.7 Å². The number of piperidine rings is 1. The molecule has 166 valence electrons. The van der Waals surface area contributed by atoms with E-state index in [1.807, 2.05) is 30.3 Å². The Morgan fingerprint density at radius 1 is 1.00 bits per heavy atom. The molecule has 0 bridgehead atoms. The van der Waals surface area contributed by atoms with E-state index in [0.29, 0.717) is 19.6 Å². The minimum absolute atomic E-state index is 0.0564. The smallest absolute Gasteiger partial charge is 0.307 e. The molecule has 0 unspecified atom stereocenters. The highest BCUT2D eigenvalue weighted by atomic mass is 32.2. The van der Waals surface area contributed by atoms with Crippen molar-refractivity contribution in [2.24, 2.45) is 0 Å². The van der Waals surface area contributed by atoms with E-state index >= 15 is 0 Å². The minimum Gasteiger partial charge on any atom is -0.469 e. The Bertz CT molecular complexity index is 1000. The number of ether oxygens (including phenoxy) is 1. The lowest BCUT2D eigenvalue weighted by Crippen LogP contribution is -2.36. The zero-order chi connectivity index (χ0) is 22.3. The van der Waals surface area contributed by atoms with Crippen molar-refractivity contribution in [3.05, 3.63) is 65.7 Å². The minimum atomic E-state index is -3.64. The van der Waals surface area contributed by atoms with Crippen molar-refractivity contribution in [1.29, 1.82) is 0 Å². The van der Waals surface area contributed by atoms with Crippen LogP contribution in [0.5, 0.6) is 0 Å². The molecule has 1 heterocycles. The maximum Gasteiger partial charge on any atom is 0.307 e. The van der Waals surface area contributed by atoms with Crippen LogP contribution in [0.1, 0.15) is 41.6 Å². The van der Waals surface area contributed by atoms with E-state index in [2.05, 4.69) is 0 Å². The van der Waals surface area contributed by atoms with Gasteiger partial charge in [0.15, 0.2) is 0 Å². The van der Waals surface area contributed by atoms with E-state index in [0.717, 1.165) is 24.8 Å². The van der Waals surface area contributed by atoms with Gasteiger partial charge in [0, 0.05) is 31.7 Å². The molecule has 1 amide bonds. The Morgan fingerprint density at radius 3 is 2.39 bits per heavy atom. The molecule has 1 aliphatic heterocycles. The first kappa shape index (κ1) is 23.0. The molecule has 0 N–H and O–H groups in total. The summed E-state index contributed by atoms with van der Waals surface area (Å²) in [5.74, 6) is -0.740. The van der Waals surface area contributed by atoms with Gasteiger partial charge in [0.1, 0.15) is 0 Å². The first-order valence-electron chi connectivity index (χ1n) is 10.4. The lowest BCUT2D eigenvalue weighted by Gasteiger charge is -2.26. The Hall–Kier alpha value is -2.71. The van der Waals surface area contributed by atoms with Crippen molar-refractivity contribution in [3.8, 4) is 0 Å². The second kappa shape index (κ2) is 10.5. The van der Waals surface area contributed by atoms with E-state index in [4.69, 9.17) is 4.74 Å². The van der Waals surface area contributed by atoms with E-state index in [1.54, 1.807) is 17.0 Å². The van der Waals surface area contributed by atoms with Gasteiger partial charge in [-0.25, -0.2) is 8.42 Å². The Morgan fingerprint density at radius 2 is 1.71 bits per heavy atom. The van der Waals surface area contributed by atoms with E-state index < -0.39 is 16.0 Å². The van der Waals surface area contributed by atoms with Gasteiger partial charge in [0.25, 0.3) is 5.91 Å². The molecule has 0 spiro atoms. The summed E-state index contributed by atoms with van der Waals surface area (Å²) in [7, 11) is -2.34. The number of methoxy groups -OCH3 is 1. The largest absolute Gasteiger partial charge is 0.469 e. The summed E-state index contributed by atoms with van der Waals surface area (Å²) in [6.07, 6.45) is 2.77.